The molecule has 0 saturated carbocycles. The first kappa shape index (κ1) is 19.5. The predicted molar refractivity (Wildman–Crippen MR) is 86.7 cm³/mol. The molecule has 1 unspecified atom stereocenters. The predicted octanol–water partition coefficient (Wildman–Crippen LogP) is 5.45. The lowest BCUT2D eigenvalue weighted by Gasteiger charge is -2.53. The third-order valence-electron chi connectivity index (χ3n) is 6.38. The molecule has 0 aliphatic carbocycles. The molecule has 2 heteroatoms. The van der Waals surface area contributed by atoms with Crippen LogP contribution in [-0.2, 0) is 9.53 Å². The molecular weight excluding hydrogens is 248 g/mol. The van der Waals surface area contributed by atoms with Crippen LogP contribution in [-0.4, -0.2) is 13.1 Å². The van der Waals surface area contributed by atoms with E-state index in [0.717, 1.165) is 19.3 Å². The fourth-order valence-corrected chi connectivity index (χ4v) is 3.04. The number of esters is 1. The Kier molecular flexibility index (Phi) is 5.91. The number of hydrogen-bond acceptors (Lipinski definition) is 2. The zero-order valence-corrected chi connectivity index (χ0v) is 15.4. The van der Waals surface area contributed by atoms with Crippen LogP contribution in [0.4, 0.5) is 0 Å². The average Bonchev–Trinajstić information content (AvgIpc) is 2.36. The third kappa shape index (κ3) is 3.38. The van der Waals surface area contributed by atoms with Crippen LogP contribution in [0.5, 0.6) is 0 Å². The van der Waals surface area contributed by atoms with Crippen LogP contribution in [0.2, 0.25) is 0 Å². The second kappa shape index (κ2) is 6.07. The number of carbonyl (C=O) groups is 1. The van der Waals surface area contributed by atoms with E-state index >= 15 is 0 Å². The fourth-order valence-electron chi connectivity index (χ4n) is 3.04. The molecule has 0 aromatic rings. The first-order valence-corrected chi connectivity index (χ1v) is 7.89. The molecule has 0 N–H and O–H groups in total. The Balaban J connectivity index is 5.85. The highest BCUT2D eigenvalue weighted by Crippen LogP contribution is 2.57. The van der Waals surface area contributed by atoms with Crippen LogP contribution < -0.4 is 0 Å². The normalized spacial score (nSPS) is 16.7. The van der Waals surface area contributed by atoms with Crippen LogP contribution in [0.25, 0.3) is 0 Å². The molecule has 0 fully saturated rings. The fraction of sp³-hybridized carbons (Fsp3) is 0.944. The molecule has 2 nitrogen and oxygen atoms in total. The lowest BCUT2D eigenvalue weighted by atomic mass is 9.50. The Labute approximate surface area is 126 Å². The molecule has 1 atom stereocenters. The van der Waals surface area contributed by atoms with Crippen LogP contribution >= 0.6 is 0 Å². The van der Waals surface area contributed by atoms with Crippen molar-refractivity contribution >= 4 is 5.97 Å². The topological polar surface area (TPSA) is 26.3 Å². The molecule has 120 valence electrons. The van der Waals surface area contributed by atoms with Gasteiger partial charge in [-0.15, -0.1) is 0 Å². The second-order valence-electron chi connectivity index (χ2n) is 8.38. The highest BCUT2D eigenvalue weighted by molar-refractivity contribution is 5.77. The van der Waals surface area contributed by atoms with Crippen LogP contribution in [0.1, 0.15) is 81.6 Å². The Bertz CT molecular complexity index is 339. The molecule has 0 aliphatic heterocycles. The number of methoxy groups -OCH3 is 1. The summed E-state index contributed by atoms with van der Waals surface area (Å²) in [5.41, 5.74) is -0.432. The summed E-state index contributed by atoms with van der Waals surface area (Å²) in [6, 6.07) is 0. The van der Waals surface area contributed by atoms with Gasteiger partial charge in [0.1, 0.15) is 0 Å². The number of hydrogen-bond donors (Lipinski definition) is 0. The first-order valence-electron chi connectivity index (χ1n) is 7.89. The molecule has 0 bridgehead atoms. The summed E-state index contributed by atoms with van der Waals surface area (Å²) >= 11 is 0. The van der Waals surface area contributed by atoms with E-state index in [-0.39, 0.29) is 22.2 Å². The van der Waals surface area contributed by atoms with Crippen molar-refractivity contribution in [3.8, 4) is 0 Å². The average molecular weight is 284 g/mol. The van der Waals surface area contributed by atoms with Crippen LogP contribution in [0.15, 0.2) is 0 Å². The quantitative estimate of drug-likeness (QED) is 0.581. The SMILES string of the molecule is CCC(C)(C)CC(C)(C(=O)OC)C(C)(C)C(C)(C)CC. The molecule has 0 radical (unpaired) electrons. The van der Waals surface area contributed by atoms with Crippen molar-refractivity contribution in [1.82, 2.24) is 0 Å². The van der Waals surface area contributed by atoms with Crippen molar-refractivity contribution in [1.29, 1.82) is 0 Å². The minimum Gasteiger partial charge on any atom is -0.469 e. The van der Waals surface area contributed by atoms with Gasteiger partial charge >= 0.3 is 5.97 Å². The van der Waals surface area contributed by atoms with E-state index in [1.807, 2.05) is 0 Å². The maximum atomic E-state index is 12.6. The van der Waals surface area contributed by atoms with Crippen LogP contribution in [0.3, 0.4) is 0 Å². The molecule has 0 saturated heterocycles. The second-order valence-corrected chi connectivity index (χ2v) is 8.38. The summed E-state index contributed by atoms with van der Waals surface area (Å²) in [5.74, 6) is -0.0782. The van der Waals surface area contributed by atoms with Gasteiger partial charge in [-0.05, 0) is 29.6 Å². The number of carbonyl (C=O) groups excluding carboxylic acids is 1. The van der Waals surface area contributed by atoms with Crippen molar-refractivity contribution in [2.75, 3.05) is 7.11 Å². The van der Waals surface area contributed by atoms with E-state index in [1.54, 1.807) is 0 Å². The summed E-state index contributed by atoms with van der Waals surface area (Å²) in [5, 5.41) is 0. The van der Waals surface area contributed by atoms with E-state index in [0.29, 0.717) is 0 Å². The van der Waals surface area contributed by atoms with Crippen molar-refractivity contribution in [2.24, 2.45) is 21.7 Å². The molecule has 0 aromatic heterocycles. The molecule has 0 spiro atoms. The maximum absolute atomic E-state index is 12.6. The van der Waals surface area contributed by atoms with Crippen molar-refractivity contribution in [3.63, 3.8) is 0 Å². The molecule has 0 aromatic carbocycles. The van der Waals surface area contributed by atoms with E-state index < -0.39 is 5.41 Å². The van der Waals surface area contributed by atoms with Gasteiger partial charge in [0.15, 0.2) is 0 Å². The maximum Gasteiger partial charge on any atom is 0.312 e. The van der Waals surface area contributed by atoms with Crippen LogP contribution in [0, 0.1) is 21.7 Å². The molecule has 0 amide bonds. The van der Waals surface area contributed by atoms with Gasteiger partial charge in [0.05, 0.1) is 12.5 Å². The summed E-state index contributed by atoms with van der Waals surface area (Å²) in [7, 11) is 1.51. The van der Waals surface area contributed by atoms with Crippen molar-refractivity contribution < 1.29 is 9.53 Å². The number of ether oxygens (including phenoxy) is 1. The third-order valence-corrected chi connectivity index (χ3v) is 6.38. The van der Waals surface area contributed by atoms with Gasteiger partial charge in [-0.2, -0.15) is 0 Å². The van der Waals surface area contributed by atoms with E-state index in [4.69, 9.17) is 4.74 Å². The van der Waals surface area contributed by atoms with Gasteiger partial charge in [-0.1, -0.05) is 68.2 Å². The lowest BCUT2D eigenvalue weighted by Crippen LogP contribution is -2.52. The summed E-state index contributed by atoms with van der Waals surface area (Å²) in [4.78, 5) is 12.6. The number of rotatable bonds is 7. The highest BCUT2D eigenvalue weighted by atomic mass is 16.5. The van der Waals surface area contributed by atoms with Crippen molar-refractivity contribution in [2.45, 2.75) is 81.6 Å². The standard InChI is InChI=1S/C18H36O2/c1-11-15(3,4)13-18(9,14(19)20-10)17(7,8)16(5,6)12-2/h11-13H2,1-10H3. The zero-order valence-electron chi connectivity index (χ0n) is 15.4. The Morgan fingerprint density at radius 3 is 1.65 bits per heavy atom. The van der Waals surface area contributed by atoms with Gasteiger partial charge in [0.25, 0.3) is 0 Å². The summed E-state index contributed by atoms with van der Waals surface area (Å²) in [6.07, 6.45) is 2.95. The largest absolute Gasteiger partial charge is 0.469 e. The zero-order chi connectivity index (χ0) is 16.4. The van der Waals surface area contributed by atoms with Gasteiger partial charge in [-0.3, -0.25) is 4.79 Å². The molecule has 0 rings (SSSR count). The van der Waals surface area contributed by atoms with Crippen molar-refractivity contribution in [3.05, 3.63) is 0 Å². The minimum atomic E-state index is -0.485. The van der Waals surface area contributed by atoms with Gasteiger partial charge in [0.2, 0.25) is 0 Å². The van der Waals surface area contributed by atoms with Gasteiger partial charge in [0, 0.05) is 0 Å². The van der Waals surface area contributed by atoms with E-state index in [1.165, 1.54) is 7.11 Å². The van der Waals surface area contributed by atoms with Gasteiger partial charge in [-0.25, -0.2) is 0 Å². The Morgan fingerprint density at radius 1 is 0.900 bits per heavy atom. The molecule has 20 heavy (non-hydrogen) atoms. The minimum absolute atomic E-state index is 0.0692. The van der Waals surface area contributed by atoms with E-state index in [2.05, 4.69) is 62.3 Å². The first-order chi connectivity index (χ1) is 8.81. The molecular formula is C18H36O2. The monoisotopic (exact) mass is 284 g/mol. The summed E-state index contributed by atoms with van der Waals surface area (Å²) < 4.78 is 5.19. The lowest BCUT2D eigenvalue weighted by molar-refractivity contribution is -0.171. The Morgan fingerprint density at radius 2 is 1.35 bits per heavy atom. The van der Waals surface area contributed by atoms with E-state index in [9.17, 15) is 4.79 Å². The molecule has 0 aliphatic rings. The summed E-state index contributed by atoms with van der Waals surface area (Å²) in [6.45, 7) is 19.9. The Hall–Kier alpha value is -0.530. The van der Waals surface area contributed by atoms with Gasteiger partial charge < -0.3 is 4.74 Å². The smallest absolute Gasteiger partial charge is 0.312 e. The molecule has 0 heterocycles. The highest BCUT2D eigenvalue weighted by Gasteiger charge is 2.56.